The predicted octanol–water partition coefficient (Wildman–Crippen LogP) is 4.60. The molecule has 0 bridgehead atoms. The largest absolute Gasteiger partial charge is 0.494 e. The molecule has 0 unspecified atom stereocenters. The summed E-state index contributed by atoms with van der Waals surface area (Å²) in [7, 11) is 1.60. The van der Waals surface area contributed by atoms with Gasteiger partial charge in [0, 0.05) is 49.4 Å². The van der Waals surface area contributed by atoms with Crippen molar-refractivity contribution in [1.82, 2.24) is 14.9 Å². The second kappa shape index (κ2) is 10.7. The summed E-state index contributed by atoms with van der Waals surface area (Å²) in [6.07, 6.45) is 6.67. The first-order valence-corrected chi connectivity index (χ1v) is 12.7. The van der Waals surface area contributed by atoms with E-state index in [-0.39, 0.29) is 24.1 Å². The molecule has 4 heterocycles. The van der Waals surface area contributed by atoms with Crippen molar-refractivity contribution in [2.24, 2.45) is 0 Å². The zero-order valence-corrected chi connectivity index (χ0v) is 21.3. The van der Waals surface area contributed by atoms with Gasteiger partial charge in [-0.3, -0.25) is 9.78 Å². The summed E-state index contributed by atoms with van der Waals surface area (Å²) in [6.45, 7) is 3.43. The van der Waals surface area contributed by atoms with Crippen LogP contribution < -0.4 is 20.3 Å². The van der Waals surface area contributed by atoms with Crippen LogP contribution in [0.15, 0.2) is 60.9 Å². The fourth-order valence-electron chi connectivity index (χ4n) is 4.97. The number of nitrogens with one attached hydrogen (secondary N) is 2. The highest BCUT2D eigenvalue weighted by molar-refractivity contribution is 7.80. The Labute approximate surface area is 216 Å². The number of nitrogens with zero attached hydrogens (tertiary/aromatic N) is 3. The average Bonchev–Trinajstić information content (AvgIpc) is 3.65. The minimum absolute atomic E-state index is 0.0699. The summed E-state index contributed by atoms with van der Waals surface area (Å²) >= 11 is 5.88. The van der Waals surface area contributed by atoms with E-state index >= 15 is 0 Å². The number of carbonyl (C=O) groups excluding carboxylic acids is 1. The molecule has 2 N–H and O–H groups in total. The Balaban J connectivity index is 1.55. The number of rotatable bonds is 8. The van der Waals surface area contributed by atoms with Gasteiger partial charge in [-0.1, -0.05) is 13.0 Å². The van der Waals surface area contributed by atoms with E-state index in [0.29, 0.717) is 23.0 Å². The molecule has 2 aliphatic rings. The first-order chi connectivity index (χ1) is 17.6. The maximum absolute atomic E-state index is 12.0. The van der Waals surface area contributed by atoms with Crippen molar-refractivity contribution in [3.8, 4) is 5.75 Å². The van der Waals surface area contributed by atoms with Gasteiger partial charge in [0.1, 0.15) is 11.8 Å². The van der Waals surface area contributed by atoms with E-state index in [0.717, 1.165) is 43.1 Å². The number of amides is 1. The lowest BCUT2D eigenvalue weighted by atomic mass is 10.0. The van der Waals surface area contributed by atoms with Gasteiger partial charge in [0.05, 0.1) is 30.6 Å². The second-order valence-corrected chi connectivity index (χ2v) is 9.39. The van der Waals surface area contributed by atoms with Gasteiger partial charge in [0.25, 0.3) is 0 Å². The van der Waals surface area contributed by atoms with Crippen LogP contribution in [0.25, 0.3) is 0 Å². The SMILES string of the molecule is CCC(=O)Nc1ccc(N2C(=S)N[C@H](c3ccccn3)[C@H]2c2cccn2C[C@@H]2CCCO2)cc1OC. The Morgan fingerprint density at radius 1 is 1.28 bits per heavy atom. The van der Waals surface area contributed by atoms with E-state index in [1.807, 2.05) is 43.3 Å². The van der Waals surface area contributed by atoms with Crippen molar-refractivity contribution in [2.75, 3.05) is 23.9 Å². The van der Waals surface area contributed by atoms with Gasteiger partial charge in [-0.2, -0.15) is 0 Å². The smallest absolute Gasteiger partial charge is 0.224 e. The molecule has 3 aromatic rings. The monoisotopic (exact) mass is 505 g/mol. The quantitative estimate of drug-likeness (QED) is 0.433. The fraction of sp³-hybridized carbons (Fsp3) is 0.370. The van der Waals surface area contributed by atoms with E-state index in [2.05, 4.69) is 43.4 Å². The second-order valence-electron chi connectivity index (χ2n) is 9.00. The molecule has 188 valence electrons. The molecule has 3 atom stereocenters. The minimum atomic E-state index is -0.151. The number of hydrogen-bond donors (Lipinski definition) is 2. The van der Waals surface area contributed by atoms with Crippen molar-refractivity contribution in [1.29, 1.82) is 0 Å². The lowest BCUT2D eigenvalue weighted by molar-refractivity contribution is -0.115. The summed E-state index contributed by atoms with van der Waals surface area (Å²) in [5, 5.41) is 7.02. The molecule has 1 aromatic carbocycles. The number of aromatic nitrogens is 2. The number of thiocarbonyl (C=S) groups is 1. The van der Waals surface area contributed by atoms with Crippen LogP contribution in [0, 0.1) is 0 Å². The van der Waals surface area contributed by atoms with Crippen LogP contribution in [0.4, 0.5) is 11.4 Å². The van der Waals surface area contributed by atoms with Gasteiger partial charge >= 0.3 is 0 Å². The van der Waals surface area contributed by atoms with E-state index in [1.165, 1.54) is 0 Å². The summed E-state index contributed by atoms with van der Waals surface area (Å²) < 4.78 is 13.8. The van der Waals surface area contributed by atoms with Crippen LogP contribution in [0.1, 0.15) is 49.7 Å². The molecule has 2 saturated heterocycles. The lowest BCUT2D eigenvalue weighted by Crippen LogP contribution is -2.31. The maximum atomic E-state index is 12.0. The number of ether oxygens (including phenoxy) is 2. The predicted molar refractivity (Wildman–Crippen MR) is 143 cm³/mol. The highest BCUT2D eigenvalue weighted by atomic mass is 32.1. The number of benzene rings is 1. The Morgan fingerprint density at radius 3 is 2.89 bits per heavy atom. The van der Waals surface area contributed by atoms with Crippen LogP contribution in [0.3, 0.4) is 0 Å². The molecule has 0 saturated carbocycles. The highest BCUT2D eigenvalue weighted by Crippen LogP contribution is 2.43. The van der Waals surface area contributed by atoms with Gasteiger partial charge < -0.3 is 29.6 Å². The third kappa shape index (κ3) is 4.81. The van der Waals surface area contributed by atoms with Gasteiger partial charge in [-0.25, -0.2) is 0 Å². The average molecular weight is 506 g/mol. The van der Waals surface area contributed by atoms with Crippen LogP contribution in [0.5, 0.6) is 5.75 Å². The first kappa shape index (κ1) is 24.3. The molecule has 0 spiro atoms. The highest BCUT2D eigenvalue weighted by Gasteiger charge is 2.42. The van der Waals surface area contributed by atoms with Crippen LogP contribution in [-0.2, 0) is 16.1 Å². The zero-order chi connectivity index (χ0) is 25.1. The number of anilines is 2. The van der Waals surface area contributed by atoms with Crippen LogP contribution in [0.2, 0.25) is 0 Å². The maximum Gasteiger partial charge on any atom is 0.224 e. The lowest BCUT2D eigenvalue weighted by Gasteiger charge is -2.30. The molecular weight excluding hydrogens is 474 g/mol. The molecule has 8 nitrogen and oxygen atoms in total. The van der Waals surface area contributed by atoms with E-state index in [4.69, 9.17) is 21.7 Å². The Bertz CT molecular complexity index is 1230. The Hall–Kier alpha value is -3.43. The zero-order valence-electron chi connectivity index (χ0n) is 20.5. The Kier molecular flexibility index (Phi) is 7.20. The number of hydrogen-bond acceptors (Lipinski definition) is 5. The van der Waals surface area contributed by atoms with Crippen molar-refractivity contribution in [3.63, 3.8) is 0 Å². The molecule has 2 aliphatic heterocycles. The summed E-state index contributed by atoms with van der Waals surface area (Å²) in [6, 6.07) is 15.6. The summed E-state index contributed by atoms with van der Waals surface area (Å²) in [4.78, 5) is 18.8. The molecule has 5 rings (SSSR count). The minimum Gasteiger partial charge on any atom is -0.494 e. The van der Waals surface area contributed by atoms with Crippen LogP contribution in [-0.4, -0.2) is 40.4 Å². The first-order valence-electron chi connectivity index (χ1n) is 12.3. The molecule has 2 fully saturated rings. The standard InChI is InChI=1S/C27H31N5O3S/c1-3-24(33)29-20-12-11-18(16-23(20)34-2)32-26(25(30-27(32)36)21-9-4-5-13-28-21)22-10-6-14-31(22)17-19-8-7-15-35-19/h4-6,9-14,16,19,25-26H,3,7-8,15,17H2,1-2H3,(H,29,33)(H,30,36)/t19-,25+,26+/m0/s1. The fourth-order valence-corrected chi connectivity index (χ4v) is 5.32. The van der Waals surface area contributed by atoms with Gasteiger partial charge in [0.15, 0.2) is 5.11 Å². The molecule has 1 amide bonds. The van der Waals surface area contributed by atoms with Crippen molar-refractivity contribution >= 4 is 34.6 Å². The van der Waals surface area contributed by atoms with Gasteiger partial charge in [0.2, 0.25) is 5.91 Å². The van der Waals surface area contributed by atoms with Gasteiger partial charge in [-0.15, -0.1) is 0 Å². The van der Waals surface area contributed by atoms with Crippen molar-refractivity contribution in [3.05, 3.63) is 72.3 Å². The third-order valence-corrected chi connectivity index (χ3v) is 7.06. The number of carbonyl (C=O) groups is 1. The summed E-state index contributed by atoms with van der Waals surface area (Å²) in [5.74, 6) is 0.506. The van der Waals surface area contributed by atoms with Crippen molar-refractivity contribution in [2.45, 2.75) is 50.9 Å². The third-order valence-electron chi connectivity index (χ3n) is 6.75. The normalized spacial score (nSPS) is 21.4. The molecule has 0 aliphatic carbocycles. The van der Waals surface area contributed by atoms with E-state index < -0.39 is 0 Å². The number of pyridine rings is 1. The van der Waals surface area contributed by atoms with Crippen LogP contribution >= 0.6 is 12.2 Å². The molecular formula is C27H31N5O3S. The van der Waals surface area contributed by atoms with Crippen molar-refractivity contribution < 1.29 is 14.3 Å². The molecule has 2 aromatic heterocycles. The summed E-state index contributed by atoms with van der Waals surface area (Å²) in [5.41, 5.74) is 3.53. The number of methoxy groups -OCH3 is 1. The molecule has 9 heteroatoms. The van der Waals surface area contributed by atoms with E-state index in [1.54, 1.807) is 13.3 Å². The topological polar surface area (TPSA) is 80.7 Å². The van der Waals surface area contributed by atoms with E-state index in [9.17, 15) is 4.79 Å². The molecule has 36 heavy (non-hydrogen) atoms. The molecule has 0 radical (unpaired) electrons. The van der Waals surface area contributed by atoms with Gasteiger partial charge in [-0.05, 0) is 61.5 Å². The Morgan fingerprint density at radius 2 is 2.17 bits per heavy atom.